The number of ether oxygens (including phenoxy) is 1. The lowest BCUT2D eigenvalue weighted by Gasteiger charge is -2.30. The minimum atomic E-state index is -0.122. The van der Waals surface area contributed by atoms with Crippen LogP contribution in [0.25, 0.3) is 10.8 Å². The van der Waals surface area contributed by atoms with E-state index in [9.17, 15) is 4.79 Å². The van der Waals surface area contributed by atoms with Gasteiger partial charge >= 0.3 is 0 Å². The average Bonchev–Trinajstić information content (AvgIpc) is 3.42. The Morgan fingerprint density at radius 2 is 1.88 bits per heavy atom. The molecule has 1 heterocycles. The van der Waals surface area contributed by atoms with E-state index in [0.29, 0.717) is 22.2 Å². The second kappa shape index (κ2) is 6.77. The van der Waals surface area contributed by atoms with Gasteiger partial charge in [-0.15, -0.1) is 0 Å². The van der Waals surface area contributed by atoms with E-state index in [1.807, 2.05) is 12.1 Å². The number of H-pyrrole nitrogens is 1. The van der Waals surface area contributed by atoms with Gasteiger partial charge in [0, 0.05) is 23.0 Å². The number of aromatic amines is 1. The first-order valence-electron chi connectivity index (χ1n) is 8.90. The van der Waals surface area contributed by atoms with E-state index >= 15 is 0 Å². The maximum absolute atomic E-state index is 11.8. The number of halogens is 1. The summed E-state index contributed by atoms with van der Waals surface area (Å²) in [5.74, 6) is 1.61. The molecule has 1 aromatic carbocycles. The zero-order valence-electron chi connectivity index (χ0n) is 13.7. The lowest BCUT2D eigenvalue weighted by Crippen LogP contribution is -2.37. The van der Waals surface area contributed by atoms with E-state index in [1.54, 1.807) is 12.3 Å². The molecule has 5 heteroatoms. The predicted octanol–water partition coefficient (Wildman–Crippen LogP) is 3.87. The van der Waals surface area contributed by atoms with Gasteiger partial charge in [-0.3, -0.25) is 4.79 Å². The summed E-state index contributed by atoms with van der Waals surface area (Å²) in [5, 5.41) is 5.57. The van der Waals surface area contributed by atoms with Crippen molar-refractivity contribution in [2.24, 2.45) is 5.92 Å². The lowest BCUT2D eigenvalue weighted by atomic mass is 9.93. The Morgan fingerprint density at radius 1 is 1.08 bits per heavy atom. The van der Waals surface area contributed by atoms with Crippen LogP contribution in [0.1, 0.15) is 38.5 Å². The Hall–Kier alpha value is -1.52. The molecule has 4 nitrogen and oxygen atoms in total. The molecule has 4 rings (SSSR count). The Kier molecular flexibility index (Phi) is 4.51. The highest BCUT2D eigenvalue weighted by Crippen LogP contribution is 2.34. The van der Waals surface area contributed by atoms with Gasteiger partial charge in [-0.2, -0.15) is 0 Å². The lowest BCUT2D eigenvalue weighted by molar-refractivity contribution is 0.139. The van der Waals surface area contributed by atoms with Crippen molar-refractivity contribution in [3.05, 3.63) is 39.8 Å². The van der Waals surface area contributed by atoms with E-state index in [4.69, 9.17) is 16.3 Å². The van der Waals surface area contributed by atoms with E-state index < -0.39 is 0 Å². The Balaban J connectivity index is 1.40. The zero-order valence-corrected chi connectivity index (χ0v) is 14.4. The molecule has 128 valence electrons. The van der Waals surface area contributed by atoms with Crippen LogP contribution in [0.15, 0.2) is 29.2 Å². The number of fused-ring (bicyclic) bond motifs is 1. The Bertz CT molecular complexity index is 777. The van der Waals surface area contributed by atoms with E-state index in [1.165, 1.54) is 19.4 Å². The Morgan fingerprint density at radius 3 is 2.62 bits per heavy atom. The molecule has 0 amide bonds. The van der Waals surface area contributed by atoms with Gasteiger partial charge in [0.2, 0.25) is 0 Å². The molecule has 2 aliphatic carbocycles. The third-order valence-electron chi connectivity index (χ3n) is 5.21. The predicted molar refractivity (Wildman–Crippen MR) is 97.0 cm³/mol. The molecule has 1 aromatic heterocycles. The van der Waals surface area contributed by atoms with Crippen LogP contribution in [-0.2, 0) is 0 Å². The molecule has 2 aromatic rings. The maximum atomic E-state index is 11.8. The number of hydrogen-bond acceptors (Lipinski definition) is 3. The second-order valence-corrected chi connectivity index (χ2v) is 7.47. The largest absolute Gasteiger partial charge is 0.489 e. The van der Waals surface area contributed by atoms with Crippen molar-refractivity contribution in [2.75, 3.05) is 6.54 Å². The van der Waals surface area contributed by atoms with Crippen molar-refractivity contribution in [1.29, 1.82) is 0 Å². The van der Waals surface area contributed by atoms with Gasteiger partial charge in [0.1, 0.15) is 5.75 Å². The number of pyridine rings is 1. The molecule has 2 N–H and O–H groups in total. The highest BCUT2D eigenvalue weighted by Gasteiger charge is 2.26. The summed E-state index contributed by atoms with van der Waals surface area (Å²) in [6.07, 6.45) is 9.03. The molecule has 0 bridgehead atoms. The van der Waals surface area contributed by atoms with Gasteiger partial charge in [-0.05, 0) is 69.2 Å². The number of benzene rings is 1. The molecule has 0 atom stereocenters. The van der Waals surface area contributed by atoms with Crippen LogP contribution < -0.4 is 15.6 Å². The van der Waals surface area contributed by atoms with Crippen LogP contribution in [0, 0.1) is 5.92 Å². The van der Waals surface area contributed by atoms with Crippen LogP contribution >= 0.6 is 11.6 Å². The summed E-state index contributed by atoms with van der Waals surface area (Å²) in [5.41, 5.74) is -0.122. The third kappa shape index (κ3) is 3.45. The summed E-state index contributed by atoms with van der Waals surface area (Å²) in [6.45, 7) is 1.18. The fraction of sp³-hybridized carbons (Fsp3) is 0.526. The van der Waals surface area contributed by atoms with Crippen LogP contribution in [0.3, 0.4) is 0 Å². The molecule has 0 radical (unpaired) electrons. The molecule has 0 spiro atoms. The van der Waals surface area contributed by atoms with Crippen molar-refractivity contribution < 1.29 is 4.74 Å². The van der Waals surface area contributed by atoms with E-state index in [0.717, 1.165) is 37.0 Å². The number of nitrogens with one attached hydrogen (secondary N) is 2. The quantitative estimate of drug-likeness (QED) is 0.864. The van der Waals surface area contributed by atoms with Crippen molar-refractivity contribution >= 4 is 22.4 Å². The fourth-order valence-corrected chi connectivity index (χ4v) is 3.80. The van der Waals surface area contributed by atoms with E-state index in [2.05, 4.69) is 10.3 Å². The number of hydrogen-bond donors (Lipinski definition) is 2. The SMILES string of the molecule is O=c1[nH]ccc2c(Cl)c(OC3CCC(NCC4CC4)CC3)ccc12. The van der Waals surface area contributed by atoms with Gasteiger partial charge in [0.15, 0.2) is 0 Å². The first kappa shape index (κ1) is 16.0. The van der Waals surface area contributed by atoms with Gasteiger partial charge in [-0.1, -0.05) is 11.6 Å². The smallest absolute Gasteiger partial charge is 0.255 e. The minimum Gasteiger partial charge on any atom is -0.489 e. The molecule has 2 aliphatic rings. The molecule has 2 fully saturated rings. The van der Waals surface area contributed by atoms with Gasteiger partial charge in [-0.25, -0.2) is 0 Å². The first-order valence-corrected chi connectivity index (χ1v) is 9.28. The average molecular weight is 347 g/mol. The topological polar surface area (TPSA) is 54.1 Å². The summed E-state index contributed by atoms with van der Waals surface area (Å²) in [4.78, 5) is 14.5. The highest BCUT2D eigenvalue weighted by molar-refractivity contribution is 6.37. The van der Waals surface area contributed by atoms with Gasteiger partial charge in [0.05, 0.1) is 11.1 Å². The fourth-order valence-electron chi connectivity index (χ4n) is 3.52. The van der Waals surface area contributed by atoms with Gasteiger partial charge < -0.3 is 15.0 Å². The third-order valence-corrected chi connectivity index (χ3v) is 5.60. The van der Waals surface area contributed by atoms with Crippen LogP contribution in [0.5, 0.6) is 5.75 Å². The van der Waals surface area contributed by atoms with Crippen molar-refractivity contribution in [3.63, 3.8) is 0 Å². The second-order valence-electron chi connectivity index (χ2n) is 7.09. The molecule has 0 unspecified atom stereocenters. The monoisotopic (exact) mass is 346 g/mol. The molecule has 0 saturated heterocycles. The van der Waals surface area contributed by atoms with E-state index in [-0.39, 0.29) is 11.7 Å². The summed E-state index contributed by atoms with van der Waals surface area (Å²) in [7, 11) is 0. The highest BCUT2D eigenvalue weighted by atomic mass is 35.5. The zero-order chi connectivity index (χ0) is 16.5. The number of rotatable bonds is 5. The van der Waals surface area contributed by atoms with Crippen LogP contribution in [0.4, 0.5) is 0 Å². The summed E-state index contributed by atoms with van der Waals surface area (Å²) < 4.78 is 6.15. The molecule has 0 aliphatic heterocycles. The van der Waals surface area contributed by atoms with Gasteiger partial charge in [0.25, 0.3) is 5.56 Å². The molecule has 24 heavy (non-hydrogen) atoms. The van der Waals surface area contributed by atoms with Crippen LogP contribution in [0.2, 0.25) is 5.02 Å². The molecular weight excluding hydrogens is 324 g/mol. The molecule has 2 saturated carbocycles. The van der Waals surface area contributed by atoms with Crippen LogP contribution in [-0.4, -0.2) is 23.7 Å². The summed E-state index contributed by atoms with van der Waals surface area (Å²) >= 11 is 6.46. The summed E-state index contributed by atoms with van der Waals surface area (Å²) in [6, 6.07) is 6.07. The maximum Gasteiger partial charge on any atom is 0.255 e. The first-order chi connectivity index (χ1) is 11.7. The van der Waals surface area contributed by atoms with Crippen molar-refractivity contribution in [1.82, 2.24) is 10.3 Å². The molecular formula is C19H23ClN2O2. The van der Waals surface area contributed by atoms with Crippen molar-refractivity contribution in [2.45, 2.75) is 50.7 Å². The van der Waals surface area contributed by atoms with Crippen molar-refractivity contribution in [3.8, 4) is 5.75 Å². The Labute approximate surface area is 146 Å². The minimum absolute atomic E-state index is 0.122. The number of aromatic nitrogens is 1. The normalized spacial score (nSPS) is 24.2. The standard InChI is InChI=1S/C19H23ClN2O2/c20-18-15-9-10-21-19(23)16(15)7-8-17(18)24-14-5-3-13(4-6-14)22-11-12-1-2-12/h7-10,12-14,22H,1-6,11H2,(H,21,23).